The molecular formula is C16H19N3OS. The third-order valence-corrected chi connectivity index (χ3v) is 5.16. The van der Waals surface area contributed by atoms with Crippen LogP contribution in [-0.2, 0) is 4.79 Å². The maximum Gasteiger partial charge on any atom is 0.196 e. The molecule has 4 nitrogen and oxygen atoms in total. The smallest absolute Gasteiger partial charge is 0.196 e. The van der Waals surface area contributed by atoms with Crippen molar-refractivity contribution in [3.63, 3.8) is 0 Å². The summed E-state index contributed by atoms with van der Waals surface area (Å²) in [5.74, 6) is 1.21. The van der Waals surface area contributed by atoms with Crippen molar-refractivity contribution < 1.29 is 4.79 Å². The van der Waals surface area contributed by atoms with E-state index in [-0.39, 0.29) is 5.25 Å². The van der Waals surface area contributed by atoms with E-state index >= 15 is 0 Å². The zero-order valence-corrected chi connectivity index (χ0v) is 13.2. The normalized spacial score (nSPS) is 19.0. The fraction of sp³-hybridized carbons (Fsp3) is 0.438. The molecule has 1 fully saturated rings. The lowest BCUT2D eigenvalue weighted by atomic mass is 9.99. The zero-order valence-electron chi connectivity index (χ0n) is 12.4. The van der Waals surface area contributed by atoms with Crippen LogP contribution in [0.25, 0.3) is 5.69 Å². The summed E-state index contributed by atoms with van der Waals surface area (Å²) in [6.07, 6.45) is 3.80. The Hall–Kier alpha value is -1.62. The Morgan fingerprint density at radius 3 is 2.76 bits per heavy atom. The molecule has 0 amide bonds. The number of Topliss-reactive ketones (excluding diaryl/α,β-unsaturated/α-hetero) is 1. The minimum atomic E-state index is 0.0325. The number of ketones is 1. The largest absolute Gasteiger partial charge is 0.298 e. The highest BCUT2D eigenvalue weighted by molar-refractivity contribution is 8.00. The molecular weight excluding hydrogens is 282 g/mol. The predicted octanol–water partition coefficient (Wildman–Crippen LogP) is 3.49. The Kier molecular flexibility index (Phi) is 4.10. The van der Waals surface area contributed by atoms with Gasteiger partial charge in [-0.2, -0.15) is 0 Å². The quantitative estimate of drug-likeness (QED) is 0.870. The molecule has 0 aliphatic heterocycles. The predicted molar refractivity (Wildman–Crippen MR) is 84.0 cm³/mol. The van der Waals surface area contributed by atoms with Crippen LogP contribution in [0.5, 0.6) is 0 Å². The monoisotopic (exact) mass is 301 g/mol. The van der Waals surface area contributed by atoms with E-state index in [0.717, 1.165) is 35.9 Å². The summed E-state index contributed by atoms with van der Waals surface area (Å²) in [6.45, 7) is 4.03. The highest BCUT2D eigenvalue weighted by Gasteiger charge is 2.26. The average molecular weight is 301 g/mol. The van der Waals surface area contributed by atoms with Crippen LogP contribution >= 0.6 is 11.8 Å². The number of aromatic nitrogens is 3. The molecule has 1 aromatic heterocycles. The fourth-order valence-electron chi connectivity index (χ4n) is 2.71. The molecule has 1 aliphatic rings. The Bertz CT molecular complexity index is 665. The molecule has 0 N–H and O–H groups in total. The van der Waals surface area contributed by atoms with Crippen LogP contribution in [0, 0.1) is 13.8 Å². The number of benzene rings is 1. The van der Waals surface area contributed by atoms with Crippen molar-refractivity contribution in [2.24, 2.45) is 0 Å². The van der Waals surface area contributed by atoms with Gasteiger partial charge < -0.3 is 0 Å². The SMILES string of the molecule is Cc1ccccc1-n1c(C)nnc1S[C@@H]1CCCCC1=O. The van der Waals surface area contributed by atoms with E-state index in [4.69, 9.17) is 0 Å². The Labute approximate surface area is 129 Å². The van der Waals surface area contributed by atoms with Gasteiger partial charge in [-0.3, -0.25) is 9.36 Å². The molecule has 0 bridgehead atoms. The number of aryl methyl sites for hydroxylation is 2. The van der Waals surface area contributed by atoms with Crippen molar-refractivity contribution in [1.82, 2.24) is 14.8 Å². The highest BCUT2D eigenvalue weighted by Crippen LogP contribution is 2.32. The summed E-state index contributed by atoms with van der Waals surface area (Å²) in [6, 6.07) is 8.19. The molecule has 0 spiro atoms. The van der Waals surface area contributed by atoms with E-state index in [9.17, 15) is 4.79 Å². The van der Waals surface area contributed by atoms with Crippen LogP contribution in [-0.4, -0.2) is 25.8 Å². The first-order chi connectivity index (χ1) is 10.2. The van der Waals surface area contributed by atoms with E-state index in [0.29, 0.717) is 12.2 Å². The second-order valence-corrected chi connectivity index (χ2v) is 6.64. The van der Waals surface area contributed by atoms with Gasteiger partial charge in [0.15, 0.2) is 5.16 Å². The topological polar surface area (TPSA) is 47.8 Å². The van der Waals surface area contributed by atoms with Crippen LogP contribution in [0.2, 0.25) is 0 Å². The highest BCUT2D eigenvalue weighted by atomic mass is 32.2. The van der Waals surface area contributed by atoms with Gasteiger partial charge in [0.05, 0.1) is 10.9 Å². The Morgan fingerprint density at radius 2 is 2.00 bits per heavy atom. The van der Waals surface area contributed by atoms with Gasteiger partial charge in [-0.05, 0) is 38.3 Å². The number of hydrogen-bond acceptors (Lipinski definition) is 4. The van der Waals surface area contributed by atoms with Crippen LogP contribution in [0.3, 0.4) is 0 Å². The molecule has 3 rings (SSSR count). The molecule has 1 heterocycles. The second kappa shape index (κ2) is 6.02. The average Bonchev–Trinajstić information content (AvgIpc) is 2.83. The summed E-state index contributed by atoms with van der Waals surface area (Å²) < 4.78 is 2.06. The second-order valence-electron chi connectivity index (χ2n) is 5.47. The number of para-hydroxylation sites is 1. The standard InChI is InChI=1S/C16H19N3OS/c1-11-7-3-4-8-13(11)19-12(2)17-18-16(19)21-15-10-6-5-9-14(15)20/h3-4,7-8,15H,5-6,9-10H2,1-2H3/t15-/m1/s1. The third kappa shape index (κ3) is 2.88. The lowest BCUT2D eigenvalue weighted by Gasteiger charge is -2.20. The van der Waals surface area contributed by atoms with Gasteiger partial charge >= 0.3 is 0 Å². The Morgan fingerprint density at radius 1 is 1.19 bits per heavy atom. The van der Waals surface area contributed by atoms with Gasteiger partial charge in [-0.25, -0.2) is 0 Å². The molecule has 0 saturated heterocycles. The first-order valence-electron chi connectivity index (χ1n) is 7.34. The first kappa shape index (κ1) is 14.3. The Balaban J connectivity index is 1.94. The maximum atomic E-state index is 12.0. The maximum absolute atomic E-state index is 12.0. The number of rotatable bonds is 3. The van der Waals surface area contributed by atoms with Crippen LogP contribution in [0.4, 0.5) is 0 Å². The number of thioether (sulfide) groups is 1. The lowest BCUT2D eigenvalue weighted by molar-refractivity contribution is -0.119. The molecule has 5 heteroatoms. The molecule has 1 atom stereocenters. The van der Waals surface area contributed by atoms with Gasteiger partial charge in [0.1, 0.15) is 11.6 Å². The van der Waals surface area contributed by atoms with E-state index in [1.54, 1.807) is 11.8 Å². The van der Waals surface area contributed by atoms with Crippen molar-refractivity contribution in [1.29, 1.82) is 0 Å². The first-order valence-corrected chi connectivity index (χ1v) is 8.22. The van der Waals surface area contributed by atoms with Gasteiger partial charge in [0.25, 0.3) is 0 Å². The van der Waals surface area contributed by atoms with Crippen LogP contribution < -0.4 is 0 Å². The van der Waals surface area contributed by atoms with Crippen molar-refractivity contribution in [2.75, 3.05) is 0 Å². The van der Waals surface area contributed by atoms with E-state index in [2.05, 4.69) is 33.8 Å². The molecule has 2 aromatic rings. The van der Waals surface area contributed by atoms with E-state index in [1.807, 2.05) is 19.1 Å². The minimum absolute atomic E-state index is 0.0325. The van der Waals surface area contributed by atoms with Crippen LogP contribution in [0.1, 0.15) is 37.1 Å². The summed E-state index contributed by atoms with van der Waals surface area (Å²) in [4.78, 5) is 12.0. The molecule has 0 radical (unpaired) electrons. The molecule has 1 saturated carbocycles. The van der Waals surface area contributed by atoms with E-state index < -0.39 is 0 Å². The van der Waals surface area contributed by atoms with Gasteiger partial charge in [0, 0.05) is 6.42 Å². The van der Waals surface area contributed by atoms with E-state index in [1.165, 1.54) is 5.56 Å². The summed E-state index contributed by atoms with van der Waals surface area (Å²) in [7, 11) is 0. The van der Waals surface area contributed by atoms with Crippen molar-refractivity contribution >= 4 is 17.5 Å². The molecule has 0 unspecified atom stereocenters. The minimum Gasteiger partial charge on any atom is -0.298 e. The van der Waals surface area contributed by atoms with Gasteiger partial charge in [-0.1, -0.05) is 36.4 Å². The van der Waals surface area contributed by atoms with Crippen molar-refractivity contribution in [2.45, 2.75) is 49.9 Å². The van der Waals surface area contributed by atoms with Crippen molar-refractivity contribution in [3.8, 4) is 5.69 Å². The third-order valence-electron chi connectivity index (χ3n) is 3.90. The van der Waals surface area contributed by atoms with Gasteiger partial charge in [0.2, 0.25) is 0 Å². The molecule has 1 aromatic carbocycles. The molecule has 21 heavy (non-hydrogen) atoms. The number of nitrogens with zero attached hydrogens (tertiary/aromatic N) is 3. The molecule has 110 valence electrons. The summed E-state index contributed by atoms with van der Waals surface area (Å²) in [5, 5.41) is 9.34. The molecule has 1 aliphatic carbocycles. The summed E-state index contributed by atoms with van der Waals surface area (Å²) in [5.41, 5.74) is 2.27. The zero-order chi connectivity index (χ0) is 14.8. The summed E-state index contributed by atoms with van der Waals surface area (Å²) >= 11 is 1.56. The van der Waals surface area contributed by atoms with Gasteiger partial charge in [-0.15, -0.1) is 10.2 Å². The van der Waals surface area contributed by atoms with Crippen molar-refractivity contribution in [3.05, 3.63) is 35.7 Å². The lowest BCUT2D eigenvalue weighted by Crippen LogP contribution is -2.21. The number of carbonyl (C=O) groups excluding carboxylic acids is 1. The fourth-order valence-corrected chi connectivity index (χ4v) is 3.93. The van der Waals surface area contributed by atoms with Crippen LogP contribution in [0.15, 0.2) is 29.4 Å². The number of carbonyl (C=O) groups is 1. The number of hydrogen-bond donors (Lipinski definition) is 0.